The van der Waals surface area contributed by atoms with E-state index in [1.807, 2.05) is 6.08 Å². The van der Waals surface area contributed by atoms with Gasteiger partial charge in [0.2, 0.25) is 0 Å². The fourth-order valence-corrected chi connectivity index (χ4v) is 3.39. The molecule has 88 valence electrons. The summed E-state index contributed by atoms with van der Waals surface area (Å²) in [5, 5.41) is 3.58. The van der Waals surface area contributed by atoms with Crippen molar-refractivity contribution in [2.24, 2.45) is 17.1 Å². The summed E-state index contributed by atoms with van der Waals surface area (Å²) < 4.78 is 0. The Labute approximate surface area is 94.3 Å². The van der Waals surface area contributed by atoms with Gasteiger partial charge in [0, 0.05) is 18.6 Å². The average molecular weight is 210 g/mol. The minimum atomic E-state index is 0.134. The van der Waals surface area contributed by atoms with E-state index >= 15 is 0 Å². The molecule has 2 nitrogen and oxygen atoms in total. The van der Waals surface area contributed by atoms with Crippen LogP contribution in [0.25, 0.3) is 0 Å². The summed E-state index contributed by atoms with van der Waals surface area (Å²) in [4.78, 5) is 0. The van der Waals surface area contributed by atoms with Crippen molar-refractivity contribution in [3.63, 3.8) is 0 Å². The molecular formula is C13H26N2. The molecule has 3 N–H and O–H groups in total. The quantitative estimate of drug-likeness (QED) is 0.699. The predicted octanol–water partition coefficient (Wildman–Crippen LogP) is 2.31. The lowest BCUT2D eigenvalue weighted by atomic mass is 9.64. The van der Waals surface area contributed by atoms with Gasteiger partial charge in [-0.05, 0) is 30.6 Å². The van der Waals surface area contributed by atoms with E-state index in [0.717, 1.165) is 19.0 Å². The number of nitrogens with two attached hydrogens (primary N) is 1. The number of nitrogens with one attached hydrogen (secondary N) is 1. The maximum atomic E-state index is 5.97. The van der Waals surface area contributed by atoms with E-state index < -0.39 is 0 Å². The topological polar surface area (TPSA) is 38.0 Å². The van der Waals surface area contributed by atoms with E-state index in [1.165, 1.54) is 19.3 Å². The first-order valence-corrected chi connectivity index (χ1v) is 5.99. The zero-order chi connectivity index (χ0) is 11.5. The smallest absolute Gasteiger partial charge is 0.0314 e. The molecule has 0 spiro atoms. The van der Waals surface area contributed by atoms with Crippen LogP contribution in [0, 0.1) is 11.3 Å². The van der Waals surface area contributed by atoms with Crippen molar-refractivity contribution in [2.75, 3.05) is 13.1 Å². The first-order valence-electron chi connectivity index (χ1n) is 5.99. The normalized spacial score (nSPS) is 35.1. The molecule has 1 fully saturated rings. The molecule has 1 saturated carbocycles. The second-order valence-electron chi connectivity index (χ2n) is 6.01. The van der Waals surface area contributed by atoms with Crippen molar-refractivity contribution in [1.82, 2.24) is 5.32 Å². The first kappa shape index (κ1) is 12.7. The Kier molecular flexibility index (Phi) is 3.96. The van der Waals surface area contributed by atoms with E-state index in [1.54, 1.807) is 0 Å². The van der Waals surface area contributed by atoms with Gasteiger partial charge in [-0.25, -0.2) is 0 Å². The summed E-state index contributed by atoms with van der Waals surface area (Å²) in [6.07, 6.45) is 5.60. The minimum absolute atomic E-state index is 0.134. The lowest BCUT2D eigenvalue weighted by molar-refractivity contribution is 0.0890. The van der Waals surface area contributed by atoms with Gasteiger partial charge in [0.05, 0.1) is 0 Å². The van der Waals surface area contributed by atoms with Gasteiger partial charge < -0.3 is 11.1 Å². The van der Waals surface area contributed by atoms with Crippen LogP contribution in [0.15, 0.2) is 12.7 Å². The van der Waals surface area contributed by atoms with E-state index in [4.69, 9.17) is 5.73 Å². The lowest BCUT2D eigenvalue weighted by Crippen LogP contribution is -2.57. The number of hydrogen-bond acceptors (Lipinski definition) is 2. The Morgan fingerprint density at radius 2 is 2.13 bits per heavy atom. The van der Waals surface area contributed by atoms with Crippen LogP contribution < -0.4 is 11.1 Å². The van der Waals surface area contributed by atoms with Crippen molar-refractivity contribution in [3.05, 3.63) is 12.7 Å². The number of hydrogen-bond donors (Lipinski definition) is 2. The van der Waals surface area contributed by atoms with Gasteiger partial charge in [0.25, 0.3) is 0 Å². The first-order chi connectivity index (χ1) is 6.93. The van der Waals surface area contributed by atoms with Crippen LogP contribution in [0.2, 0.25) is 0 Å². The van der Waals surface area contributed by atoms with Crippen LogP contribution in [-0.2, 0) is 0 Å². The van der Waals surface area contributed by atoms with Crippen molar-refractivity contribution < 1.29 is 0 Å². The zero-order valence-corrected chi connectivity index (χ0v) is 10.5. The lowest BCUT2D eigenvalue weighted by Gasteiger charge is -2.47. The van der Waals surface area contributed by atoms with E-state index in [0.29, 0.717) is 5.41 Å². The van der Waals surface area contributed by atoms with Gasteiger partial charge in [0.1, 0.15) is 0 Å². The van der Waals surface area contributed by atoms with Crippen LogP contribution >= 0.6 is 0 Å². The molecule has 0 amide bonds. The predicted molar refractivity (Wildman–Crippen MR) is 66.8 cm³/mol. The third-order valence-electron chi connectivity index (χ3n) is 3.47. The Bertz CT molecular complexity index is 223. The fraction of sp³-hybridized carbons (Fsp3) is 0.846. The summed E-state index contributed by atoms with van der Waals surface area (Å²) in [5.74, 6) is 0.759. The SMILES string of the molecule is C=CCNC1(CN)CC(C)CC(C)(C)C1. The molecule has 0 heterocycles. The molecule has 0 aromatic carbocycles. The van der Waals surface area contributed by atoms with Gasteiger partial charge in [0.15, 0.2) is 0 Å². The van der Waals surface area contributed by atoms with Crippen LogP contribution in [0.5, 0.6) is 0 Å². The van der Waals surface area contributed by atoms with Gasteiger partial charge in [-0.3, -0.25) is 0 Å². The highest BCUT2D eigenvalue weighted by Crippen LogP contribution is 2.43. The average Bonchev–Trinajstić information content (AvgIpc) is 2.11. The molecule has 1 aliphatic rings. The monoisotopic (exact) mass is 210 g/mol. The summed E-state index contributed by atoms with van der Waals surface area (Å²) in [7, 11) is 0. The molecule has 1 rings (SSSR count). The van der Waals surface area contributed by atoms with E-state index in [2.05, 4.69) is 32.7 Å². The fourth-order valence-electron chi connectivity index (χ4n) is 3.39. The Balaban J connectivity index is 2.74. The van der Waals surface area contributed by atoms with Gasteiger partial charge >= 0.3 is 0 Å². The number of rotatable bonds is 4. The van der Waals surface area contributed by atoms with Crippen molar-refractivity contribution in [2.45, 2.75) is 45.6 Å². The highest BCUT2D eigenvalue weighted by molar-refractivity contribution is 5.00. The summed E-state index contributed by atoms with van der Waals surface area (Å²) >= 11 is 0. The molecular weight excluding hydrogens is 184 g/mol. The van der Waals surface area contributed by atoms with Gasteiger partial charge in [-0.1, -0.05) is 26.8 Å². The van der Waals surface area contributed by atoms with Crippen LogP contribution in [-0.4, -0.2) is 18.6 Å². The molecule has 0 saturated heterocycles. The minimum Gasteiger partial charge on any atom is -0.329 e. The summed E-state index contributed by atoms with van der Waals surface area (Å²) in [6.45, 7) is 12.4. The molecule has 0 radical (unpaired) electrons. The van der Waals surface area contributed by atoms with E-state index in [-0.39, 0.29) is 5.54 Å². The zero-order valence-electron chi connectivity index (χ0n) is 10.5. The molecule has 2 unspecified atom stereocenters. The molecule has 0 aromatic heterocycles. The van der Waals surface area contributed by atoms with Gasteiger partial charge in [-0.15, -0.1) is 6.58 Å². The highest BCUT2D eigenvalue weighted by atomic mass is 15.0. The van der Waals surface area contributed by atoms with E-state index in [9.17, 15) is 0 Å². The molecule has 15 heavy (non-hydrogen) atoms. The Morgan fingerprint density at radius 1 is 1.47 bits per heavy atom. The van der Waals surface area contributed by atoms with Crippen LogP contribution in [0.3, 0.4) is 0 Å². The highest BCUT2D eigenvalue weighted by Gasteiger charge is 2.41. The van der Waals surface area contributed by atoms with Crippen molar-refractivity contribution >= 4 is 0 Å². The Hall–Kier alpha value is -0.340. The summed E-state index contributed by atoms with van der Waals surface area (Å²) in [5.41, 5.74) is 6.51. The summed E-state index contributed by atoms with van der Waals surface area (Å²) in [6, 6.07) is 0. The third-order valence-corrected chi connectivity index (χ3v) is 3.47. The molecule has 2 heteroatoms. The third kappa shape index (κ3) is 3.32. The standard InChI is InChI=1S/C13H26N2/c1-5-6-15-13(10-14)8-11(2)7-12(3,4)9-13/h5,11,15H,1,6-10,14H2,2-4H3. The van der Waals surface area contributed by atoms with Crippen molar-refractivity contribution in [3.8, 4) is 0 Å². The maximum absolute atomic E-state index is 5.97. The largest absolute Gasteiger partial charge is 0.329 e. The Morgan fingerprint density at radius 3 is 2.60 bits per heavy atom. The van der Waals surface area contributed by atoms with Crippen molar-refractivity contribution in [1.29, 1.82) is 0 Å². The molecule has 0 aromatic rings. The van der Waals surface area contributed by atoms with Crippen LogP contribution in [0.4, 0.5) is 0 Å². The molecule has 0 aliphatic heterocycles. The maximum Gasteiger partial charge on any atom is 0.0314 e. The molecule has 1 aliphatic carbocycles. The van der Waals surface area contributed by atoms with Gasteiger partial charge in [-0.2, -0.15) is 0 Å². The molecule has 0 bridgehead atoms. The second-order valence-corrected chi connectivity index (χ2v) is 6.01. The second kappa shape index (κ2) is 4.67. The van der Waals surface area contributed by atoms with Crippen LogP contribution in [0.1, 0.15) is 40.0 Å². The molecule has 2 atom stereocenters.